The van der Waals surface area contributed by atoms with E-state index in [1.54, 1.807) is 13.3 Å². The summed E-state index contributed by atoms with van der Waals surface area (Å²) in [6, 6.07) is 0.322. The third-order valence-corrected chi connectivity index (χ3v) is 4.15. The fourth-order valence-corrected chi connectivity index (χ4v) is 3.30. The molecule has 3 heterocycles. The lowest BCUT2D eigenvalue weighted by molar-refractivity contribution is -0.160. The Hall–Kier alpha value is -1.11. The molecule has 7 heteroatoms. The van der Waals surface area contributed by atoms with Gasteiger partial charge in [0.2, 0.25) is 0 Å². The topological polar surface area (TPSA) is 56.7 Å². The molecule has 116 valence electrons. The summed E-state index contributed by atoms with van der Waals surface area (Å²) in [5.74, 6) is 0.698. The second kappa shape index (κ2) is 5.94. The van der Waals surface area contributed by atoms with Gasteiger partial charge in [0.1, 0.15) is 10.6 Å². The minimum absolute atomic E-state index is 0.0949. The van der Waals surface area contributed by atoms with E-state index >= 15 is 0 Å². The highest BCUT2D eigenvalue weighted by molar-refractivity contribution is 6.32. The Bertz CT molecular complexity index is 508. The highest BCUT2D eigenvalue weighted by atomic mass is 35.5. The van der Waals surface area contributed by atoms with Gasteiger partial charge in [0, 0.05) is 13.2 Å². The van der Waals surface area contributed by atoms with E-state index in [1.807, 2.05) is 0 Å². The molecule has 0 N–H and O–H groups in total. The fraction of sp³-hybridized carbons (Fsp3) is 0.714. The van der Waals surface area contributed by atoms with Crippen molar-refractivity contribution in [3.05, 3.63) is 11.2 Å². The van der Waals surface area contributed by atoms with Gasteiger partial charge in [-0.25, -0.2) is 4.98 Å². The highest BCUT2D eigenvalue weighted by Crippen LogP contribution is 2.34. The van der Waals surface area contributed by atoms with Crippen molar-refractivity contribution in [3.63, 3.8) is 0 Å². The Morgan fingerprint density at radius 1 is 1.52 bits per heavy atom. The number of methoxy groups -OCH3 is 1. The summed E-state index contributed by atoms with van der Waals surface area (Å²) >= 11 is 6.27. The van der Waals surface area contributed by atoms with Gasteiger partial charge < -0.3 is 19.1 Å². The first-order chi connectivity index (χ1) is 10.1. The highest BCUT2D eigenvalue weighted by Gasteiger charge is 2.42. The zero-order chi connectivity index (χ0) is 14.9. The van der Waals surface area contributed by atoms with Crippen LogP contribution in [-0.4, -0.2) is 55.1 Å². The van der Waals surface area contributed by atoms with Gasteiger partial charge in [0.25, 0.3) is 0 Å². The van der Waals surface area contributed by atoms with E-state index in [9.17, 15) is 0 Å². The number of anilines is 1. The third kappa shape index (κ3) is 3.07. The number of aromatic nitrogens is 2. The molecule has 1 spiro atoms. The van der Waals surface area contributed by atoms with Crippen molar-refractivity contribution in [2.24, 2.45) is 0 Å². The first-order valence-electron chi connectivity index (χ1n) is 7.19. The van der Waals surface area contributed by atoms with Gasteiger partial charge in [-0.3, -0.25) is 0 Å². The molecule has 21 heavy (non-hydrogen) atoms. The molecule has 2 atom stereocenters. The van der Waals surface area contributed by atoms with Gasteiger partial charge in [-0.1, -0.05) is 11.6 Å². The maximum atomic E-state index is 6.27. The smallest absolute Gasteiger partial charge is 0.318 e. The van der Waals surface area contributed by atoms with Crippen LogP contribution < -0.4 is 9.64 Å². The molecule has 2 fully saturated rings. The summed E-state index contributed by atoms with van der Waals surface area (Å²) in [5.41, 5.74) is -0.266. The SMILES string of the molecule is COc1ncc(Cl)c(N2C[C@H](C)O[C@]3(CCCOC3)C2)n1. The number of ether oxygens (including phenoxy) is 3. The minimum Gasteiger partial charge on any atom is -0.467 e. The Balaban J connectivity index is 1.87. The van der Waals surface area contributed by atoms with E-state index in [-0.39, 0.29) is 11.7 Å². The quantitative estimate of drug-likeness (QED) is 0.831. The molecule has 0 amide bonds. The number of nitrogens with zero attached hydrogens (tertiary/aromatic N) is 3. The number of hydrogen-bond acceptors (Lipinski definition) is 6. The average Bonchev–Trinajstić information content (AvgIpc) is 2.47. The molecule has 1 aromatic rings. The van der Waals surface area contributed by atoms with E-state index in [2.05, 4.69) is 21.8 Å². The average molecular weight is 314 g/mol. The van der Waals surface area contributed by atoms with Gasteiger partial charge in [-0.05, 0) is 19.8 Å². The number of halogens is 1. The van der Waals surface area contributed by atoms with Crippen molar-refractivity contribution in [1.29, 1.82) is 0 Å². The summed E-state index contributed by atoms with van der Waals surface area (Å²) in [7, 11) is 1.55. The Kier molecular flexibility index (Phi) is 4.19. The zero-order valence-corrected chi connectivity index (χ0v) is 13.1. The van der Waals surface area contributed by atoms with Crippen LogP contribution in [0, 0.1) is 0 Å². The molecule has 0 radical (unpaired) electrons. The Morgan fingerprint density at radius 2 is 2.38 bits per heavy atom. The van der Waals surface area contributed by atoms with E-state index in [1.165, 1.54) is 0 Å². The van der Waals surface area contributed by atoms with Crippen LogP contribution >= 0.6 is 11.6 Å². The molecule has 2 aliphatic rings. The molecule has 2 aliphatic heterocycles. The van der Waals surface area contributed by atoms with Gasteiger partial charge in [-0.15, -0.1) is 0 Å². The first kappa shape index (κ1) is 14.8. The normalized spacial score (nSPS) is 29.7. The number of morpholine rings is 1. The van der Waals surface area contributed by atoms with Gasteiger partial charge in [0.15, 0.2) is 5.82 Å². The second-order valence-corrected chi connectivity index (χ2v) is 6.08. The van der Waals surface area contributed by atoms with Crippen molar-refractivity contribution in [3.8, 4) is 6.01 Å². The molecular formula is C14H20ClN3O3. The van der Waals surface area contributed by atoms with E-state index in [4.69, 9.17) is 25.8 Å². The van der Waals surface area contributed by atoms with Crippen LogP contribution in [0.15, 0.2) is 6.20 Å². The largest absolute Gasteiger partial charge is 0.467 e. The summed E-state index contributed by atoms with van der Waals surface area (Å²) in [4.78, 5) is 10.6. The van der Waals surface area contributed by atoms with Gasteiger partial charge in [-0.2, -0.15) is 4.98 Å². The van der Waals surface area contributed by atoms with Crippen molar-refractivity contribution >= 4 is 17.4 Å². The zero-order valence-electron chi connectivity index (χ0n) is 12.3. The summed E-state index contributed by atoms with van der Waals surface area (Å²) in [5, 5.41) is 0.525. The lowest BCUT2D eigenvalue weighted by Crippen LogP contribution is -2.59. The second-order valence-electron chi connectivity index (χ2n) is 5.68. The summed E-state index contributed by atoms with van der Waals surface area (Å²) in [6.45, 7) is 4.95. The lowest BCUT2D eigenvalue weighted by Gasteiger charge is -2.47. The molecule has 2 saturated heterocycles. The molecule has 0 bridgehead atoms. The molecular weight excluding hydrogens is 294 g/mol. The Morgan fingerprint density at radius 3 is 3.10 bits per heavy atom. The minimum atomic E-state index is -0.266. The molecule has 1 aromatic heterocycles. The molecule has 0 aliphatic carbocycles. The monoisotopic (exact) mass is 313 g/mol. The van der Waals surface area contributed by atoms with Crippen LogP contribution in [0.25, 0.3) is 0 Å². The molecule has 3 rings (SSSR count). The predicted octanol–water partition coefficient (Wildman–Crippen LogP) is 1.91. The molecule has 0 saturated carbocycles. The maximum Gasteiger partial charge on any atom is 0.318 e. The summed E-state index contributed by atoms with van der Waals surface area (Å²) in [6.07, 6.45) is 3.68. The van der Waals surface area contributed by atoms with Crippen LogP contribution in [-0.2, 0) is 9.47 Å². The van der Waals surface area contributed by atoms with Gasteiger partial charge >= 0.3 is 6.01 Å². The molecule has 0 unspecified atom stereocenters. The van der Waals surface area contributed by atoms with Crippen molar-refractivity contribution in [2.75, 3.05) is 38.3 Å². The standard InChI is InChI=1S/C14H20ClN3O3/c1-10-7-18(8-14(21-10)4-3-5-20-9-14)12-11(15)6-16-13(17-12)19-2/h6,10H,3-5,7-9H2,1-2H3/t10-,14+/m0/s1. The predicted molar refractivity (Wildman–Crippen MR) is 79.1 cm³/mol. The van der Waals surface area contributed by atoms with E-state index in [0.29, 0.717) is 23.5 Å². The van der Waals surface area contributed by atoms with Crippen molar-refractivity contribution in [1.82, 2.24) is 9.97 Å². The van der Waals surface area contributed by atoms with Crippen LogP contribution in [0.4, 0.5) is 5.82 Å². The number of rotatable bonds is 2. The number of hydrogen-bond donors (Lipinski definition) is 0. The van der Waals surface area contributed by atoms with Crippen molar-refractivity contribution in [2.45, 2.75) is 31.5 Å². The fourth-order valence-electron chi connectivity index (χ4n) is 3.09. The van der Waals surface area contributed by atoms with Crippen molar-refractivity contribution < 1.29 is 14.2 Å². The molecule has 0 aromatic carbocycles. The first-order valence-corrected chi connectivity index (χ1v) is 7.57. The lowest BCUT2D eigenvalue weighted by atomic mass is 9.93. The van der Waals surface area contributed by atoms with Crippen LogP contribution in [0.1, 0.15) is 19.8 Å². The van der Waals surface area contributed by atoms with E-state index in [0.717, 1.165) is 32.5 Å². The third-order valence-electron chi connectivity index (χ3n) is 3.88. The maximum absolute atomic E-state index is 6.27. The molecule has 6 nitrogen and oxygen atoms in total. The van der Waals surface area contributed by atoms with Crippen LogP contribution in [0.3, 0.4) is 0 Å². The van der Waals surface area contributed by atoms with Crippen LogP contribution in [0.2, 0.25) is 5.02 Å². The Labute approximate surface area is 129 Å². The van der Waals surface area contributed by atoms with Gasteiger partial charge in [0.05, 0.1) is 32.6 Å². The van der Waals surface area contributed by atoms with Crippen LogP contribution in [0.5, 0.6) is 6.01 Å². The van der Waals surface area contributed by atoms with E-state index < -0.39 is 0 Å². The summed E-state index contributed by atoms with van der Waals surface area (Å²) < 4.78 is 16.9.